The van der Waals surface area contributed by atoms with Gasteiger partial charge in [0, 0.05) is 6.20 Å². The fraction of sp³-hybridized carbons (Fsp3) is 0.100. The number of fused-ring (bicyclic) bond motifs is 1. The zero-order valence-corrected chi connectivity index (χ0v) is 12.6. The van der Waals surface area contributed by atoms with Crippen LogP contribution in [0.25, 0.3) is 0 Å². The van der Waals surface area contributed by atoms with Crippen LogP contribution in [0.1, 0.15) is 33.2 Å². The van der Waals surface area contributed by atoms with Crippen molar-refractivity contribution in [3.63, 3.8) is 0 Å². The number of hydrogen-bond donors (Lipinski definition) is 0. The molecule has 3 nitrogen and oxygen atoms in total. The average molecular weight is 300 g/mol. The molecule has 1 aliphatic heterocycles. The van der Waals surface area contributed by atoms with Crippen LogP contribution in [-0.4, -0.2) is 15.8 Å². The van der Waals surface area contributed by atoms with Crippen molar-refractivity contribution in [3.05, 3.63) is 101 Å². The molecule has 1 aliphatic rings. The molecule has 0 fully saturated rings. The van der Waals surface area contributed by atoms with Gasteiger partial charge in [-0.1, -0.05) is 60.7 Å². The third kappa shape index (κ3) is 2.40. The molecule has 0 saturated carbocycles. The number of rotatable bonds is 3. The molecular weight excluding hydrogens is 284 g/mol. The highest BCUT2D eigenvalue weighted by Gasteiger charge is 2.34. The molecule has 1 amide bonds. The summed E-state index contributed by atoms with van der Waals surface area (Å²) in [6.45, 7) is 0.545. The summed E-state index contributed by atoms with van der Waals surface area (Å²) in [5, 5.41) is 0. The molecule has 0 bridgehead atoms. The van der Waals surface area contributed by atoms with E-state index in [1.54, 1.807) is 6.20 Å². The van der Waals surface area contributed by atoms with Gasteiger partial charge in [0.05, 0.1) is 23.8 Å². The van der Waals surface area contributed by atoms with Gasteiger partial charge in [0.1, 0.15) is 0 Å². The molecule has 2 aromatic carbocycles. The van der Waals surface area contributed by atoms with Gasteiger partial charge in [-0.3, -0.25) is 9.78 Å². The van der Waals surface area contributed by atoms with Crippen molar-refractivity contribution < 1.29 is 4.79 Å². The minimum absolute atomic E-state index is 0.0470. The van der Waals surface area contributed by atoms with Gasteiger partial charge in [0.15, 0.2) is 0 Å². The van der Waals surface area contributed by atoms with Gasteiger partial charge in [0.2, 0.25) is 0 Å². The van der Waals surface area contributed by atoms with Crippen molar-refractivity contribution in [2.24, 2.45) is 0 Å². The molecule has 4 rings (SSSR count). The third-order valence-corrected chi connectivity index (χ3v) is 4.24. The van der Waals surface area contributed by atoms with Gasteiger partial charge in [-0.15, -0.1) is 0 Å². The van der Waals surface area contributed by atoms with E-state index >= 15 is 0 Å². The Hall–Kier alpha value is -2.94. The second kappa shape index (κ2) is 5.69. The van der Waals surface area contributed by atoms with Gasteiger partial charge in [-0.05, 0) is 23.3 Å². The zero-order chi connectivity index (χ0) is 15.6. The number of carbonyl (C=O) groups is 1. The molecule has 0 saturated heterocycles. The topological polar surface area (TPSA) is 33.2 Å². The van der Waals surface area contributed by atoms with E-state index in [-0.39, 0.29) is 11.9 Å². The molecule has 0 aliphatic carbocycles. The van der Waals surface area contributed by atoms with Crippen molar-refractivity contribution >= 4 is 5.91 Å². The predicted molar refractivity (Wildman–Crippen MR) is 88.8 cm³/mol. The predicted octanol–water partition coefficient (Wildman–Crippen LogP) is 3.83. The van der Waals surface area contributed by atoms with Crippen LogP contribution < -0.4 is 0 Å². The van der Waals surface area contributed by atoms with Crippen LogP contribution in [0.5, 0.6) is 0 Å². The first kappa shape index (κ1) is 13.7. The maximum atomic E-state index is 12.9. The molecule has 0 radical (unpaired) electrons. The molecule has 1 aromatic heterocycles. The quantitative estimate of drug-likeness (QED) is 0.736. The SMILES string of the molecule is O=C1c2cccnc2CN1C(c1ccccc1)c1ccccc1. The minimum Gasteiger partial charge on any atom is -0.322 e. The van der Waals surface area contributed by atoms with Crippen molar-refractivity contribution in [3.8, 4) is 0 Å². The maximum Gasteiger partial charge on any atom is 0.256 e. The molecule has 0 N–H and O–H groups in total. The number of aromatic nitrogens is 1. The third-order valence-electron chi connectivity index (χ3n) is 4.24. The average Bonchev–Trinajstić information content (AvgIpc) is 2.94. The summed E-state index contributed by atoms with van der Waals surface area (Å²) in [4.78, 5) is 19.1. The summed E-state index contributed by atoms with van der Waals surface area (Å²) in [6.07, 6.45) is 1.75. The Morgan fingerprint density at radius 1 is 0.826 bits per heavy atom. The fourth-order valence-electron chi connectivity index (χ4n) is 3.18. The first-order valence-electron chi connectivity index (χ1n) is 7.69. The van der Waals surface area contributed by atoms with Crippen LogP contribution in [0.3, 0.4) is 0 Å². The van der Waals surface area contributed by atoms with Crippen LogP contribution in [0.2, 0.25) is 0 Å². The first-order chi connectivity index (χ1) is 11.3. The molecule has 0 unspecified atom stereocenters. The first-order valence-corrected chi connectivity index (χ1v) is 7.69. The lowest BCUT2D eigenvalue weighted by molar-refractivity contribution is 0.0730. The van der Waals surface area contributed by atoms with Crippen molar-refractivity contribution in [1.82, 2.24) is 9.88 Å². The standard InChI is InChI=1S/C20H16N2O/c23-20-17-12-7-13-21-18(17)14-22(20)19(15-8-3-1-4-9-15)16-10-5-2-6-11-16/h1-13,19H,14H2. The molecule has 2 heterocycles. The molecule has 112 valence electrons. The Morgan fingerprint density at radius 3 is 2.00 bits per heavy atom. The summed E-state index contributed by atoms with van der Waals surface area (Å²) in [5.74, 6) is 0.0470. The molecule has 0 spiro atoms. The Kier molecular flexibility index (Phi) is 3.39. The lowest BCUT2D eigenvalue weighted by Gasteiger charge is -2.28. The van der Waals surface area contributed by atoms with E-state index in [9.17, 15) is 4.79 Å². The van der Waals surface area contributed by atoms with E-state index < -0.39 is 0 Å². The second-order valence-electron chi connectivity index (χ2n) is 5.65. The normalized spacial score (nSPS) is 13.4. The van der Waals surface area contributed by atoms with E-state index in [0.717, 1.165) is 16.8 Å². The highest BCUT2D eigenvalue weighted by Crippen LogP contribution is 2.34. The van der Waals surface area contributed by atoms with Crippen molar-refractivity contribution in [1.29, 1.82) is 0 Å². The van der Waals surface area contributed by atoms with Crippen molar-refractivity contribution in [2.45, 2.75) is 12.6 Å². The van der Waals surface area contributed by atoms with E-state index in [0.29, 0.717) is 12.1 Å². The van der Waals surface area contributed by atoms with E-state index in [4.69, 9.17) is 0 Å². The molecule has 0 atom stereocenters. The molecule has 3 heteroatoms. The number of pyridine rings is 1. The summed E-state index contributed by atoms with van der Waals surface area (Å²) >= 11 is 0. The summed E-state index contributed by atoms with van der Waals surface area (Å²) in [7, 11) is 0. The van der Waals surface area contributed by atoms with Gasteiger partial charge < -0.3 is 4.90 Å². The zero-order valence-electron chi connectivity index (χ0n) is 12.6. The van der Waals surface area contributed by atoms with E-state index in [2.05, 4.69) is 29.2 Å². The molecular formula is C20H16N2O. The van der Waals surface area contributed by atoms with Gasteiger partial charge in [0.25, 0.3) is 5.91 Å². The Bertz CT molecular complexity index is 791. The Morgan fingerprint density at radius 2 is 1.43 bits per heavy atom. The van der Waals surface area contributed by atoms with Gasteiger partial charge in [-0.25, -0.2) is 0 Å². The van der Waals surface area contributed by atoms with Crippen LogP contribution in [0.4, 0.5) is 0 Å². The van der Waals surface area contributed by atoms with E-state index in [1.807, 2.05) is 53.4 Å². The lowest BCUT2D eigenvalue weighted by atomic mass is 9.97. The number of carbonyl (C=O) groups excluding carboxylic acids is 1. The fourth-order valence-corrected chi connectivity index (χ4v) is 3.18. The Labute approximate surface area is 135 Å². The smallest absolute Gasteiger partial charge is 0.256 e. The number of nitrogens with zero attached hydrogens (tertiary/aromatic N) is 2. The highest BCUT2D eigenvalue weighted by atomic mass is 16.2. The largest absolute Gasteiger partial charge is 0.322 e. The maximum absolute atomic E-state index is 12.9. The van der Waals surface area contributed by atoms with Gasteiger partial charge >= 0.3 is 0 Å². The monoisotopic (exact) mass is 300 g/mol. The van der Waals surface area contributed by atoms with Gasteiger partial charge in [-0.2, -0.15) is 0 Å². The lowest BCUT2D eigenvalue weighted by Crippen LogP contribution is -2.30. The van der Waals surface area contributed by atoms with Crippen LogP contribution >= 0.6 is 0 Å². The summed E-state index contributed by atoms with van der Waals surface area (Å²) < 4.78 is 0. The van der Waals surface area contributed by atoms with Crippen LogP contribution in [0, 0.1) is 0 Å². The number of amides is 1. The van der Waals surface area contributed by atoms with Crippen LogP contribution in [-0.2, 0) is 6.54 Å². The summed E-state index contributed by atoms with van der Waals surface area (Å²) in [6, 6.07) is 23.9. The number of hydrogen-bond acceptors (Lipinski definition) is 2. The van der Waals surface area contributed by atoms with Crippen LogP contribution in [0.15, 0.2) is 79.0 Å². The number of benzene rings is 2. The highest BCUT2D eigenvalue weighted by molar-refractivity contribution is 5.98. The molecule has 3 aromatic rings. The summed E-state index contributed by atoms with van der Waals surface area (Å²) in [5.41, 5.74) is 3.79. The minimum atomic E-state index is -0.0981. The molecule has 23 heavy (non-hydrogen) atoms. The van der Waals surface area contributed by atoms with E-state index in [1.165, 1.54) is 0 Å². The van der Waals surface area contributed by atoms with Crippen molar-refractivity contribution in [2.75, 3.05) is 0 Å². The Balaban J connectivity index is 1.80. The second-order valence-corrected chi connectivity index (χ2v) is 5.65.